The molecule has 0 aliphatic heterocycles. The van der Waals surface area contributed by atoms with Gasteiger partial charge in [0.25, 0.3) is 0 Å². The van der Waals surface area contributed by atoms with Gasteiger partial charge >= 0.3 is 5.97 Å². The van der Waals surface area contributed by atoms with Gasteiger partial charge in [-0.2, -0.15) is 0 Å². The lowest BCUT2D eigenvalue weighted by molar-refractivity contribution is 0.0734. The molecule has 0 unspecified atom stereocenters. The Bertz CT molecular complexity index is 939. The van der Waals surface area contributed by atoms with Crippen LogP contribution in [0.15, 0.2) is 84.9 Å². The second-order valence-electron chi connectivity index (χ2n) is 5.84. The van der Waals surface area contributed by atoms with E-state index in [-0.39, 0.29) is 11.8 Å². The van der Waals surface area contributed by atoms with Crippen molar-refractivity contribution >= 4 is 17.8 Å². The standard InChI is InChI=1S/C23H18O3/c1-17-7-5-6-10-21(17)23(25)26-20-14-11-18(12-15-20)13-16-22(24)19-8-3-2-4-9-19/h2-16H,1H3. The molecule has 3 aromatic carbocycles. The van der Waals surface area contributed by atoms with Gasteiger partial charge in [-0.05, 0) is 42.3 Å². The zero-order chi connectivity index (χ0) is 18.4. The molecule has 0 saturated carbocycles. The third-order valence-corrected chi connectivity index (χ3v) is 3.94. The van der Waals surface area contributed by atoms with E-state index in [1.165, 1.54) is 6.08 Å². The molecular weight excluding hydrogens is 324 g/mol. The molecule has 3 heteroatoms. The molecule has 0 radical (unpaired) electrons. The minimum Gasteiger partial charge on any atom is -0.423 e. The van der Waals surface area contributed by atoms with Gasteiger partial charge in [-0.15, -0.1) is 0 Å². The van der Waals surface area contributed by atoms with Crippen LogP contribution in [-0.2, 0) is 0 Å². The maximum absolute atomic E-state index is 12.2. The van der Waals surface area contributed by atoms with E-state index in [4.69, 9.17) is 4.74 Å². The van der Waals surface area contributed by atoms with E-state index in [2.05, 4.69) is 0 Å². The van der Waals surface area contributed by atoms with Crippen molar-refractivity contribution < 1.29 is 14.3 Å². The first-order valence-electron chi connectivity index (χ1n) is 8.29. The second-order valence-corrected chi connectivity index (χ2v) is 5.84. The highest BCUT2D eigenvalue weighted by atomic mass is 16.5. The van der Waals surface area contributed by atoms with E-state index in [1.54, 1.807) is 54.6 Å². The molecule has 0 saturated heterocycles. The molecule has 0 aliphatic carbocycles. The minimum atomic E-state index is -0.384. The predicted molar refractivity (Wildman–Crippen MR) is 102 cm³/mol. The van der Waals surface area contributed by atoms with E-state index in [0.717, 1.165) is 11.1 Å². The third kappa shape index (κ3) is 4.33. The van der Waals surface area contributed by atoms with Crippen molar-refractivity contribution in [2.75, 3.05) is 0 Å². The molecule has 0 aromatic heterocycles. The Morgan fingerprint density at radius 3 is 2.15 bits per heavy atom. The molecule has 0 spiro atoms. The quantitative estimate of drug-likeness (QED) is 0.280. The van der Waals surface area contributed by atoms with Gasteiger partial charge in [0.15, 0.2) is 5.78 Å². The van der Waals surface area contributed by atoms with E-state index in [9.17, 15) is 9.59 Å². The van der Waals surface area contributed by atoms with Gasteiger partial charge in [0.2, 0.25) is 0 Å². The highest BCUT2D eigenvalue weighted by Gasteiger charge is 2.10. The highest BCUT2D eigenvalue weighted by Crippen LogP contribution is 2.17. The molecule has 3 rings (SSSR count). The lowest BCUT2D eigenvalue weighted by Gasteiger charge is -2.06. The lowest BCUT2D eigenvalue weighted by Crippen LogP contribution is -2.09. The van der Waals surface area contributed by atoms with Crippen LogP contribution in [0, 0.1) is 6.92 Å². The molecule has 0 N–H and O–H groups in total. The molecule has 0 amide bonds. The van der Waals surface area contributed by atoms with Gasteiger partial charge in [-0.1, -0.05) is 66.7 Å². The molecular formula is C23H18O3. The Kier molecular flexibility index (Phi) is 5.40. The normalized spacial score (nSPS) is 10.7. The van der Waals surface area contributed by atoms with Crippen LogP contribution in [-0.4, -0.2) is 11.8 Å². The zero-order valence-electron chi connectivity index (χ0n) is 14.4. The number of ether oxygens (including phenoxy) is 1. The molecule has 0 fully saturated rings. The Morgan fingerprint density at radius 2 is 1.46 bits per heavy atom. The fourth-order valence-electron chi connectivity index (χ4n) is 2.48. The number of benzene rings is 3. The van der Waals surface area contributed by atoms with Crippen LogP contribution < -0.4 is 4.74 Å². The fraction of sp³-hybridized carbons (Fsp3) is 0.0435. The molecule has 0 aliphatic rings. The maximum Gasteiger partial charge on any atom is 0.343 e. The number of rotatable bonds is 5. The van der Waals surface area contributed by atoms with E-state index in [1.807, 2.05) is 37.3 Å². The monoisotopic (exact) mass is 342 g/mol. The van der Waals surface area contributed by atoms with Crippen molar-refractivity contribution in [3.63, 3.8) is 0 Å². The van der Waals surface area contributed by atoms with Crippen molar-refractivity contribution in [2.24, 2.45) is 0 Å². The molecule has 128 valence electrons. The predicted octanol–water partition coefficient (Wildman–Crippen LogP) is 5.11. The SMILES string of the molecule is Cc1ccccc1C(=O)Oc1ccc(C=CC(=O)c2ccccc2)cc1. The number of ketones is 1. The van der Waals surface area contributed by atoms with Crippen molar-refractivity contribution in [3.8, 4) is 5.75 Å². The summed E-state index contributed by atoms with van der Waals surface area (Å²) in [5.41, 5.74) is 2.92. The molecule has 0 heterocycles. The summed E-state index contributed by atoms with van der Waals surface area (Å²) < 4.78 is 5.40. The van der Waals surface area contributed by atoms with Gasteiger partial charge in [-0.3, -0.25) is 4.79 Å². The van der Waals surface area contributed by atoms with Crippen molar-refractivity contribution in [3.05, 3.63) is 107 Å². The summed E-state index contributed by atoms with van der Waals surface area (Å²) in [6.07, 6.45) is 3.27. The van der Waals surface area contributed by atoms with Crippen LogP contribution >= 0.6 is 0 Å². The van der Waals surface area contributed by atoms with Crippen molar-refractivity contribution in [2.45, 2.75) is 6.92 Å². The Morgan fingerprint density at radius 1 is 0.808 bits per heavy atom. The number of carbonyl (C=O) groups excluding carboxylic acids is 2. The summed E-state index contributed by atoms with van der Waals surface area (Å²) in [7, 11) is 0. The summed E-state index contributed by atoms with van der Waals surface area (Å²) in [5, 5.41) is 0. The smallest absolute Gasteiger partial charge is 0.343 e. The summed E-state index contributed by atoms with van der Waals surface area (Å²) in [6, 6.07) is 23.4. The summed E-state index contributed by atoms with van der Waals surface area (Å²) in [4.78, 5) is 24.3. The van der Waals surface area contributed by atoms with Crippen molar-refractivity contribution in [1.82, 2.24) is 0 Å². The minimum absolute atomic E-state index is 0.0549. The van der Waals surface area contributed by atoms with Crippen LogP contribution in [0.2, 0.25) is 0 Å². The largest absolute Gasteiger partial charge is 0.423 e. The third-order valence-electron chi connectivity index (χ3n) is 3.94. The van der Waals surface area contributed by atoms with E-state index in [0.29, 0.717) is 16.9 Å². The number of esters is 1. The first kappa shape index (κ1) is 17.4. The van der Waals surface area contributed by atoms with Crippen LogP contribution in [0.4, 0.5) is 0 Å². The van der Waals surface area contributed by atoms with E-state index >= 15 is 0 Å². The van der Waals surface area contributed by atoms with E-state index < -0.39 is 0 Å². The fourth-order valence-corrected chi connectivity index (χ4v) is 2.48. The molecule has 0 atom stereocenters. The molecule has 26 heavy (non-hydrogen) atoms. The van der Waals surface area contributed by atoms with Gasteiger partial charge in [0.05, 0.1) is 5.56 Å². The zero-order valence-corrected chi connectivity index (χ0v) is 14.4. The van der Waals surface area contributed by atoms with Crippen LogP contribution in [0.3, 0.4) is 0 Å². The summed E-state index contributed by atoms with van der Waals surface area (Å²) in [5.74, 6) is 0.0242. The molecule has 0 bridgehead atoms. The summed E-state index contributed by atoms with van der Waals surface area (Å²) in [6.45, 7) is 1.87. The average molecular weight is 342 g/mol. The Labute approximate surface area is 152 Å². The first-order valence-corrected chi connectivity index (χ1v) is 8.29. The van der Waals surface area contributed by atoms with Crippen molar-refractivity contribution in [1.29, 1.82) is 0 Å². The number of carbonyl (C=O) groups is 2. The number of hydrogen-bond donors (Lipinski definition) is 0. The number of allylic oxidation sites excluding steroid dienone is 1. The second kappa shape index (κ2) is 8.08. The lowest BCUT2D eigenvalue weighted by atomic mass is 10.1. The Hall–Kier alpha value is -3.46. The highest BCUT2D eigenvalue weighted by molar-refractivity contribution is 6.06. The first-order chi connectivity index (χ1) is 12.6. The van der Waals surface area contributed by atoms with Gasteiger partial charge in [0, 0.05) is 5.56 Å². The molecule has 3 nitrogen and oxygen atoms in total. The maximum atomic E-state index is 12.2. The average Bonchev–Trinajstić information content (AvgIpc) is 2.68. The van der Waals surface area contributed by atoms with Crippen LogP contribution in [0.25, 0.3) is 6.08 Å². The van der Waals surface area contributed by atoms with Gasteiger partial charge in [-0.25, -0.2) is 4.79 Å². The van der Waals surface area contributed by atoms with Gasteiger partial charge < -0.3 is 4.74 Å². The topological polar surface area (TPSA) is 43.4 Å². The van der Waals surface area contributed by atoms with Crippen LogP contribution in [0.5, 0.6) is 5.75 Å². The number of hydrogen-bond acceptors (Lipinski definition) is 3. The summed E-state index contributed by atoms with van der Waals surface area (Å²) >= 11 is 0. The molecule has 3 aromatic rings. The number of aryl methyl sites for hydroxylation is 1. The van der Waals surface area contributed by atoms with Gasteiger partial charge in [0.1, 0.15) is 5.75 Å². The van der Waals surface area contributed by atoms with Crippen LogP contribution in [0.1, 0.15) is 31.8 Å². The Balaban J connectivity index is 1.65.